The molecule has 0 saturated heterocycles. The van der Waals surface area contributed by atoms with Crippen LogP contribution < -0.4 is 10.1 Å². The first kappa shape index (κ1) is 12.3. The molecule has 2 heterocycles. The van der Waals surface area contributed by atoms with Crippen LogP contribution in [0.2, 0.25) is 0 Å². The maximum absolute atomic E-state index is 5.10. The van der Waals surface area contributed by atoms with Crippen molar-refractivity contribution in [3.63, 3.8) is 0 Å². The number of anilines is 1. The Labute approximate surface area is 112 Å². The minimum atomic E-state index is 0.574. The first-order chi connectivity index (χ1) is 8.19. The summed E-state index contributed by atoms with van der Waals surface area (Å²) >= 11 is 5.17. The molecule has 0 amide bonds. The van der Waals surface area contributed by atoms with Gasteiger partial charge in [0.15, 0.2) is 0 Å². The number of aromatic nitrogens is 2. The Morgan fingerprint density at radius 2 is 2.29 bits per heavy atom. The van der Waals surface area contributed by atoms with E-state index in [-0.39, 0.29) is 0 Å². The second-order valence-corrected chi connectivity index (χ2v) is 5.28. The number of methoxy groups -OCH3 is 1. The molecule has 0 spiro atoms. The standard InChI is InChI=1S/C11H12BrN3OS/c1-7-5-10(16-2)15-11(14-7)13-6-9-8(12)3-4-17-9/h3-5H,6H2,1-2H3,(H,13,14,15). The Morgan fingerprint density at radius 3 is 2.94 bits per heavy atom. The molecular weight excluding hydrogens is 302 g/mol. The van der Waals surface area contributed by atoms with Gasteiger partial charge in [-0.25, -0.2) is 4.98 Å². The minimum Gasteiger partial charge on any atom is -0.481 e. The lowest BCUT2D eigenvalue weighted by molar-refractivity contribution is 0.397. The van der Waals surface area contributed by atoms with E-state index in [0.29, 0.717) is 18.4 Å². The average Bonchev–Trinajstić information content (AvgIpc) is 2.71. The van der Waals surface area contributed by atoms with E-state index < -0.39 is 0 Å². The second kappa shape index (κ2) is 5.46. The molecule has 0 unspecified atom stereocenters. The molecule has 2 rings (SSSR count). The van der Waals surface area contributed by atoms with Gasteiger partial charge in [-0.05, 0) is 34.3 Å². The number of hydrogen-bond donors (Lipinski definition) is 1. The molecule has 90 valence electrons. The van der Waals surface area contributed by atoms with Crippen molar-refractivity contribution in [2.45, 2.75) is 13.5 Å². The van der Waals surface area contributed by atoms with E-state index in [1.807, 2.05) is 18.4 Å². The molecule has 0 radical (unpaired) electrons. The number of thiophene rings is 1. The molecule has 2 aromatic heterocycles. The van der Waals surface area contributed by atoms with E-state index in [4.69, 9.17) is 4.74 Å². The van der Waals surface area contributed by atoms with Crippen LogP contribution in [0, 0.1) is 6.92 Å². The topological polar surface area (TPSA) is 47.0 Å². The summed E-state index contributed by atoms with van der Waals surface area (Å²) in [7, 11) is 1.60. The molecule has 17 heavy (non-hydrogen) atoms. The average molecular weight is 314 g/mol. The molecule has 0 aliphatic heterocycles. The summed E-state index contributed by atoms with van der Waals surface area (Å²) in [5.74, 6) is 1.16. The smallest absolute Gasteiger partial charge is 0.226 e. The molecule has 0 aliphatic rings. The summed E-state index contributed by atoms with van der Waals surface area (Å²) in [4.78, 5) is 9.74. The number of nitrogens with one attached hydrogen (secondary N) is 1. The summed E-state index contributed by atoms with van der Waals surface area (Å²) in [5, 5.41) is 5.22. The van der Waals surface area contributed by atoms with E-state index >= 15 is 0 Å². The fraction of sp³-hybridized carbons (Fsp3) is 0.273. The van der Waals surface area contributed by atoms with Crippen molar-refractivity contribution >= 4 is 33.2 Å². The molecule has 0 bridgehead atoms. The van der Waals surface area contributed by atoms with Crippen LogP contribution in [0.25, 0.3) is 0 Å². The Hall–Kier alpha value is -1.14. The highest BCUT2D eigenvalue weighted by molar-refractivity contribution is 9.10. The van der Waals surface area contributed by atoms with Crippen molar-refractivity contribution in [1.82, 2.24) is 9.97 Å². The Balaban J connectivity index is 2.09. The van der Waals surface area contributed by atoms with Crippen molar-refractivity contribution in [2.75, 3.05) is 12.4 Å². The predicted octanol–water partition coefficient (Wildman–Crippen LogP) is 3.23. The highest BCUT2D eigenvalue weighted by Crippen LogP contribution is 2.23. The Bertz CT molecular complexity index is 515. The zero-order chi connectivity index (χ0) is 12.3. The molecule has 2 aromatic rings. The van der Waals surface area contributed by atoms with E-state index in [1.165, 1.54) is 4.88 Å². The third kappa shape index (κ3) is 3.17. The van der Waals surface area contributed by atoms with E-state index in [2.05, 4.69) is 31.2 Å². The lowest BCUT2D eigenvalue weighted by Gasteiger charge is -2.06. The van der Waals surface area contributed by atoms with Crippen molar-refractivity contribution in [3.05, 3.63) is 32.6 Å². The van der Waals surface area contributed by atoms with Crippen molar-refractivity contribution < 1.29 is 4.74 Å². The van der Waals surface area contributed by atoms with Crippen molar-refractivity contribution in [3.8, 4) is 5.88 Å². The number of nitrogens with zero attached hydrogens (tertiary/aromatic N) is 2. The predicted molar refractivity (Wildman–Crippen MR) is 72.7 cm³/mol. The Morgan fingerprint density at radius 1 is 1.47 bits per heavy atom. The number of rotatable bonds is 4. The van der Waals surface area contributed by atoms with Crippen LogP contribution in [0.1, 0.15) is 10.6 Å². The zero-order valence-corrected chi connectivity index (χ0v) is 11.9. The number of halogens is 1. The summed E-state index contributed by atoms with van der Waals surface area (Å²) in [5.41, 5.74) is 0.879. The quantitative estimate of drug-likeness (QED) is 0.941. The van der Waals surface area contributed by atoms with E-state index in [9.17, 15) is 0 Å². The van der Waals surface area contributed by atoms with Gasteiger partial charge < -0.3 is 10.1 Å². The Kier molecular flexibility index (Phi) is 3.96. The van der Waals surface area contributed by atoms with Gasteiger partial charge in [-0.3, -0.25) is 0 Å². The van der Waals surface area contributed by atoms with Crippen LogP contribution >= 0.6 is 27.3 Å². The lowest BCUT2D eigenvalue weighted by Crippen LogP contribution is -2.04. The summed E-state index contributed by atoms with van der Waals surface area (Å²) in [6, 6.07) is 3.83. The first-order valence-electron chi connectivity index (χ1n) is 5.04. The van der Waals surface area contributed by atoms with E-state index in [0.717, 1.165) is 10.2 Å². The maximum Gasteiger partial charge on any atom is 0.226 e. The SMILES string of the molecule is COc1cc(C)nc(NCc2sccc2Br)n1. The normalized spacial score (nSPS) is 10.3. The molecule has 0 aliphatic carbocycles. The van der Waals surface area contributed by atoms with Crippen molar-refractivity contribution in [1.29, 1.82) is 0 Å². The molecule has 0 atom stereocenters. The maximum atomic E-state index is 5.10. The molecular formula is C11H12BrN3OS. The van der Waals surface area contributed by atoms with Gasteiger partial charge in [0.1, 0.15) is 0 Å². The largest absolute Gasteiger partial charge is 0.481 e. The summed E-state index contributed by atoms with van der Waals surface area (Å²) in [6.07, 6.45) is 0. The van der Waals surface area contributed by atoms with Crippen LogP contribution in [0.5, 0.6) is 5.88 Å². The fourth-order valence-electron chi connectivity index (χ4n) is 1.33. The van der Waals surface area contributed by atoms with Crippen LogP contribution in [0.3, 0.4) is 0 Å². The molecule has 4 nitrogen and oxygen atoms in total. The second-order valence-electron chi connectivity index (χ2n) is 3.42. The van der Waals surface area contributed by atoms with Gasteiger partial charge >= 0.3 is 0 Å². The molecule has 1 N–H and O–H groups in total. The van der Waals surface area contributed by atoms with Gasteiger partial charge in [0.25, 0.3) is 0 Å². The molecule has 0 saturated carbocycles. The van der Waals surface area contributed by atoms with Crippen molar-refractivity contribution in [2.24, 2.45) is 0 Å². The van der Waals surface area contributed by atoms with Crippen LogP contribution in [0.15, 0.2) is 22.0 Å². The first-order valence-corrected chi connectivity index (χ1v) is 6.71. The summed E-state index contributed by atoms with van der Waals surface area (Å²) < 4.78 is 6.20. The number of aryl methyl sites for hydroxylation is 1. The van der Waals surface area contributed by atoms with E-state index in [1.54, 1.807) is 24.5 Å². The summed E-state index contributed by atoms with van der Waals surface area (Å²) in [6.45, 7) is 2.61. The number of hydrogen-bond acceptors (Lipinski definition) is 5. The minimum absolute atomic E-state index is 0.574. The molecule has 0 fully saturated rings. The van der Waals surface area contributed by atoms with Gasteiger partial charge in [0.2, 0.25) is 11.8 Å². The van der Waals surface area contributed by atoms with Gasteiger partial charge in [-0.2, -0.15) is 4.98 Å². The highest BCUT2D eigenvalue weighted by Gasteiger charge is 2.04. The molecule has 0 aromatic carbocycles. The fourth-order valence-corrected chi connectivity index (χ4v) is 2.77. The van der Waals surface area contributed by atoms with Gasteiger partial charge in [0.05, 0.1) is 13.7 Å². The lowest BCUT2D eigenvalue weighted by atomic mass is 10.4. The van der Waals surface area contributed by atoms with Gasteiger partial charge in [-0.15, -0.1) is 11.3 Å². The van der Waals surface area contributed by atoms with Crippen LogP contribution in [0.4, 0.5) is 5.95 Å². The van der Waals surface area contributed by atoms with Gasteiger partial charge in [-0.1, -0.05) is 0 Å². The third-order valence-corrected chi connectivity index (χ3v) is 4.06. The molecule has 6 heteroatoms. The third-order valence-electron chi connectivity index (χ3n) is 2.14. The highest BCUT2D eigenvalue weighted by atomic mass is 79.9. The number of ether oxygens (including phenoxy) is 1. The zero-order valence-electron chi connectivity index (χ0n) is 9.53. The van der Waals surface area contributed by atoms with Crippen LogP contribution in [-0.2, 0) is 6.54 Å². The van der Waals surface area contributed by atoms with Crippen LogP contribution in [-0.4, -0.2) is 17.1 Å². The monoisotopic (exact) mass is 313 g/mol. The van der Waals surface area contributed by atoms with Gasteiger partial charge in [0, 0.05) is 21.1 Å².